The largest absolute Gasteiger partial charge is 0.480 e. The first-order chi connectivity index (χ1) is 15.0. The molecule has 8 heteroatoms. The van der Waals surface area contributed by atoms with Crippen LogP contribution in [0.4, 0.5) is 15.9 Å². The number of fused-ring (bicyclic) bond motifs is 5. The number of aliphatic carboxylic acids is 1. The van der Waals surface area contributed by atoms with E-state index in [9.17, 15) is 14.3 Å². The fourth-order valence-electron chi connectivity index (χ4n) is 4.71. The number of anilines is 2. The first-order valence-corrected chi connectivity index (χ1v) is 10.6. The summed E-state index contributed by atoms with van der Waals surface area (Å²) in [6, 6.07) is 8.06. The van der Waals surface area contributed by atoms with Gasteiger partial charge < -0.3 is 15.4 Å². The van der Waals surface area contributed by atoms with Crippen LogP contribution >= 0.6 is 0 Å². The molecule has 2 aliphatic rings. The molecule has 0 spiro atoms. The molecular formula is C23H24FN5O2. The summed E-state index contributed by atoms with van der Waals surface area (Å²) in [6.07, 6.45) is 3.98. The molecule has 3 N–H and O–H groups in total. The lowest BCUT2D eigenvalue weighted by Gasteiger charge is -2.34. The average Bonchev–Trinajstić information content (AvgIpc) is 3.15. The number of hydrogen-bond donors (Lipinski definition) is 3. The number of rotatable bonds is 4. The lowest BCUT2D eigenvalue weighted by atomic mass is 9.94. The SMILES string of the molecule is CCC(C(=O)O)N1CCC(c2nc3c([nH]2)-c2cccnc2Nc2cc(F)ccc2-3)CC1. The van der Waals surface area contributed by atoms with Gasteiger partial charge in [0.1, 0.15) is 23.5 Å². The summed E-state index contributed by atoms with van der Waals surface area (Å²) in [5.41, 5.74) is 4.01. The number of aromatic amines is 1. The molecule has 160 valence electrons. The van der Waals surface area contributed by atoms with Crippen LogP contribution in [0.25, 0.3) is 22.5 Å². The van der Waals surface area contributed by atoms with E-state index in [2.05, 4.69) is 15.3 Å². The number of halogens is 1. The fraction of sp³-hybridized carbons (Fsp3) is 0.348. The Balaban J connectivity index is 1.50. The third-order valence-electron chi connectivity index (χ3n) is 6.32. The van der Waals surface area contributed by atoms with E-state index < -0.39 is 12.0 Å². The number of piperidine rings is 1. The Morgan fingerprint density at radius 2 is 2.10 bits per heavy atom. The third-order valence-corrected chi connectivity index (χ3v) is 6.32. The van der Waals surface area contributed by atoms with Crippen molar-refractivity contribution in [1.29, 1.82) is 0 Å². The molecule has 0 radical (unpaired) electrons. The molecular weight excluding hydrogens is 397 g/mol. The maximum Gasteiger partial charge on any atom is 0.320 e. The quantitative estimate of drug-likeness (QED) is 0.453. The first kappa shape index (κ1) is 19.7. The summed E-state index contributed by atoms with van der Waals surface area (Å²) in [6.45, 7) is 3.36. The topological polar surface area (TPSA) is 94.1 Å². The monoisotopic (exact) mass is 421 g/mol. The van der Waals surface area contributed by atoms with Crippen molar-refractivity contribution in [1.82, 2.24) is 19.9 Å². The molecule has 1 fully saturated rings. The number of hydrogen-bond acceptors (Lipinski definition) is 5. The van der Waals surface area contributed by atoms with Gasteiger partial charge >= 0.3 is 5.97 Å². The number of imidazole rings is 1. The normalized spacial score (nSPS) is 17.1. The van der Waals surface area contributed by atoms with Gasteiger partial charge in [0.25, 0.3) is 0 Å². The lowest BCUT2D eigenvalue weighted by molar-refractivity contribution is -0.143. The van der Waals surface area contributed by atoms with Crippen molar-refractivity contribution in [3.63, 3.8) is 0 Å². The average molecular weight is 421 g/mol. The van der Waals surface area contributed by atoms with Crippen LogP contribution in [-0.2, 0) is 4.79 Å². The highest BCUT2D eigenvalue weighted by Crippen LogP contribution is 2.43. The van der Waals surface area contributed by atoms with Gasteiger partial charge in [-0.1, -0.05) is 6.92 Å². The molecule has 0 saturated carbocycles. The highest BCUT2D eigenvalue weighted by Gasteiger charge is 2.31. The number of nitrogens with zero attached hydrogens (tertiary/aromatic N) is 3. The van der Waals surface area contributed by atoms with Gasteiger partial charge in [0.05, 0.1) is 17.1 Å². The first-order valence-electron chi connectivity index (χ1n) is 10.6. The maximum absolute atomic E-state index is 13.9. The van der Waals surface area contributed by atoms with Crippen LogP contribution in [-0.4, -0.2) is 50.1 Å². The van der Waals surface area contributed by atoms with Gasteiger partial charge in [-0.15, -0.1) is 0 Å². The third kappa shape index (κ3) is 3.46. The highest BCUT2D eigenvalue weighted by atomic mass is 19.1. The molecule has 1 aromatic carbocycles. The van der Waals surface area contributed by atoms with Crippen LogP contribution in [0.3, 0.4) is 0 Å². The number of H-pyrrole nitrogens is 1. The number of carbonyl (C=O) groups is 1. The zero-order chi connectivity index (χ0) is 21.5. The molecule has 7 nitrogen and oxygen atoms in total. The number of pyridine rings is 1. The second kappa shape index (κ2) is 7.77. The van der Waals surface area contributed by atoms with Crippen LogP contribution < -0.4 is 5.32 Å². The molecule has 5 rings (SSSR count). The Bertz CT molecular complexity index is 1140. The van der Waals surface area contributed by atoms with E-state index in [0.29, 0.717) is 17.9 Å². The van der Waals surface area contributed by atoms with Crippen molar-refractivity contribution in [3.05, 3.63) is 48.2 Å². The van der Waals surface area contributed by atoms with E-state index in [4.69, 9.17) is 4.98 Å². The molecule has 0 amide bonds. The van der Waals surface area contributed by atoms with Crippen molar-refractivity contribution in [2.75, 3.05) is 18.4 Å². The van der Waals surface area contributed by atoms with Gasteiger partial charge in [0.15, 0.2) is 0 Å². The van der Waals surface area contributed by atoms with Crippen molar-refractivity contribution in [2.45, 2.75) is 38.1 Å². The minimum atomic E-state index is -0.758. The Kier molecular flexibility index (Phi) is 4.94. The zero-order valence-electron chi connectivity index (χ0n) is 17.2. The highest BCUT2D eigenvalue weighted by molar-refractivity contribution is 5.94. The van der Waals surface area contributed by atoms with E-state index in [0.717, 1.165) is 54.3 Å². The Labute approximate surface area is 179 Å². The molecule has 31 heavy (non-hydrogen) atoms. The predicted molar refractivity (Wildman–Crippen MR) is 116 cm³/mol. The van der Waals surface area contributed by atoms with Crippen LogP contribution in [0, 0.1) is 5.82 Å². The van der Waals surface area contributed by atoms with Crippen LogP contribution in [0.5, 0.6) is 0 Å². The molecule has 1 unspecified atom stereocenters. The van der Waals surface area contributed by atoms with Crippen molar-refractivity contribution in [3.8, 4) is 22.5 Å². The van der Waals surface area contributed by atoms with Gasteiger partial charge in [-0.25, -0.2) is 14.4 Å². The number of carboxylic acid groups (broad SMARTS) is 1. The van der Waals surface area contributed by atoms with Crippen LogP contribution in [0.2, 0.25) is 0 Å². The Hall–Kier alpha value is -3.26. The van der Waals surface area contributed by atoms with Crippen molar-refractivity contribution < 1.29 is 14.3 Å². The van der Waals surface area contributed by atoms with Gasteiger partial charge in [-0.05, 0) is 62.7 Å². The summed E-state index contributed by atoms with van der Waals surface area (Å²) in [5, 5.41) is 12.7. The van der Waals surface area contributed by atoms with E-state index in [1.807, 2.05) is 24.0 Å². The van der Waals surface area contributed by atoms with Crippen LogP contribution in [0.15, 0.2) is 36.5 Å². The summed E-state index contributed by atoms with van der Waals surface area (Å²) in [7, 11) is 0. The van der Waals surface area contributed by atoms with E-state index in [1.165, 1.54) is 12.1 Å². The fourth-order valence-corrected chi connectivity index (χ4v) is 4.71. The molecule has 4 heterocycles. The summed E-state index contributed by atoms with van der Waals surface area (Å²) in [5.74, 6) is 0.683. The molecule has 2 aliphatic heterocycles. The van der Waals surface area contributed by atoms with Gasteiger partial charge in [-0.3, -0.25) is 9.69 Å². The number of carboxylic acids is 1. The van der Waals surface area contributed by atoms with E-state index in [1.54, 1.807) is 12.3 Å². The predicted octanol–water partition coefficient (Wildman–Crippen LogP) is 4.38. The number of nitrogens with one attached hydrogen (secondary N) is 2. The molecule has 1 atom stereocenters. The molecule has 0 aliphatic carbocycles. The number of benzene rings is 1. The van der Waals surface area contributed by atoms with Gasteiger partial charge in [0, 0.05) is 23.2 Å². The second-order valence-corrected chi connectivity index (χ2v) is 8.13. The van der Waals surface area contributed by atoms with E-state index >= 15 is 0 Å². The van der Waals surface area contributed by atoms with Crippen molar-refractivity contribution >= 4 is 17.5 Å². The summed E-state index contributed by atoms with van der Waals surface area (Å²) >= 11 is 0. The summed E-state index contributed by atoms with van der Waals surface area (Å²) in [4.78, 5) is 26.5. The van der Waals surface area contributed by atoms with Gasteiger partial charge in [-0.2, -0.15) is 0 Å². The standard InChI is InChI=1S/C23H24FN5O2/c1-2-18(23(30)31)29-10-7-13(8-11-29)21-27-19-15-6-5-14(24)12-17(15)26-22-16(20(19)28-21)4-3-9-25-22/h3-6,9,12-13,18H,2,7-8,10-11H2,1H3,(H,25,26)(H,27,28)(H,30,31). The molecule has 2 aromatic heterocycles. The zero-order valence-corrected chi connectivity index (χ0v) is 17.2. The maximum atomic E-state index is 13.9. The Morgan fingerprint density at radius 3 is 2.84 bits per heavy atom. The minimum absolute atomic E-state index is 0.214. The number of likely N-dealkylation sites (tertiary alicyclic amines) is 1. The molecule has 0 bridgehead atoms. The summed E-state index contributed by atoms with van der Waals surface area (Å²) < 4.78 is 13.9. The lowest BCUT2D eigenvalue weighted by Crippen LogP contribution is -2.45. The minimum Gasteiger partial charge on any atom is -0.480 e. The molecule has 1 saturated heterocycles. The van der Waals surface area contributed by atoms with Gasteiger partial charge in [0.2, 0.25) is 0 Å². The second-order valence-electron chi connectivity index (χ2n) is 8.13. The molecule has 3 aromatic rings. The van der Waals surface area contributed by atoms with Crippen LogP contribution in [0.1, 0.15) is 37.9 Å². The number of aromatic nitrogens is 3. The van der Waals surface area contributed by atoms with Crippen molar-refractivity contribution in [2.24, 2.45) is 0 Å². The van der Waals surface area contributed by atoms with E-state index in [-0.39, 0.29) is 11.7 Å². The Morgan fingerprint density at radius 1 is 1.29 bits per heavy atom. The smallest absolute Gasteiger partial charge is 0.320 e.